The van der Waals surface area contributed by atoms with E-state index in [1.807, 2.05) is 12.1 Å². The molecule has 0 N–H and O–H groups in total. The van der Waals surface area contributed by atoms with Crippen LogP contribution in [0.25, 0.3) is 0 Å². The Morgan fingerprint density at radius 2 is 2.41 bits per heavy atom. The van der Waals surface area contributed by atoms with E-state index in [0.29, 0.717) is 30.6 Å². The first-order valence-electron chi connectivity index (χ1n) is 5.47. The van der Waals surface area contributed by atoms with Crippen LogP contribution in [0.2, 0.25) is 5.02 Å². The van der Waals surface area contributed by atoms with Crippen LogP contribution < -0.4 is 0 Å². The average Bonchev–Trinajstić information content (AvgIpc) is 2.78. The lowest BCUT2D eigenvalue weighted by atomic mass is 10.2. The van der Waals surface area contributed by atoms with Crippen molar-refractivity contribution >= 4 is 23.5 Å². The van der Waals surface area contributed by atoms with Crippen LogP contribution in [-0.4, -0.2) is 36.5 Å². The molecular formula is C12H13ClN2O2. The summed E-state index contributed by atoms with van der Waals surface area (Å²) in [5, 5.41) is 0.626. The number of halogens is 1. The maximum atomic E-state index is 11.7. The van der Waals surface area contributed by atoms with E-state index in [2.05, 4.69) is 4.99 Å². The van der Waals surface area contributed by atoms with Crippen LogP contribution in [0, 0.1) is 0 Å². The number of carbonyl (C=O) groups excluding carboxylic acids is 1. The van der Waals surface area contributed by atoms with E-state index in [-0.39, 0.29) is 6.09 Å². The fraction of sp³-hybridized carbons (Fsp3) is 0.333. The molecule has 4 nitrogen and oxygen atoms in total. The van der Waals surface area contributed by atoms with Crippen molar-refractivity contribution in [1.29, 1.82) is 0 Å². The first-order chi connectivity index (χ1) is 8.22. The van der Waals surface area contributed by atoms with Gasteiger partial charge in [-0.05, 0) is 19.1 Å². The summed E-state index contributed by atoms with van der Waals surface area (Å²) in [5.41, 5.74) is 0.836. The van der Waals surface area contributed by atoms with Gasteiger partial charge >= 0.3 is 6.09 Å². The zero-order valence-electron chi connectivity index (χ0n) is 9.52. The largest absolute Gasteiger partial charge is 0.449 e. The van der Waals surface area contributed by atoms with Crippen molar-refractivity contribution in [3.63, 3.8) is 0 Å². The first-order valence-corrected chi connectivity index (χ1v) is 5.85. The molecule has 17 heavy (non-hydrogen) atoms. The number of amides is 1. The fourth-order valence-electron chi connectivity index (χ4n) is 1.70. The third-order valence-corrected chi connectivity index (χ3v) is 2.65. The third kappa shape index (κ3) is 2.58. The molecule has 1 aliphatic rings. The molecule has 0 radical (unpaired) electrons. The smallest absolute Gasteiger partial charge is 0.415 e. The number of nitrogens with zero attached hydrogens (tertiary/aromatic N) is 2. The molecule has 5 heteroatoms. The quantitative estimate of drug-likeness (QED) is 0.812. The maximum Gasteiger partial charge on any atom is 0.415 e. The second kappa shape index (κ2) is 5.19. The molecule has 90 valence electrons. The van der Waals surface area contributed by atoms with Crippen LogP contribution in [0.1, 0.15) is 12.5 Å². The Morgan fingerprint density at radius 3 is 3.12 bits per heavy atom. The van der Waals surface area contributed by atoms with Gasteiger partial charge in [0.2, 0.25) is 0 Å². The highest BCUT2D eigenvalue weighted by atomic mass is 35.5. The van der Waals surface area contributed by atoms with Crippen LogP contribution in [0.4, 0.5) is 4.79 Å². The van der Waals surface area contributed by atoms with Crippen molar-refractivity contribution in [1.82, 2.24) is 4.90 Å². The SMILES string of the molecule is CCOC(=O)N1CCN=C1c1cccc(Cl)c1. The molecule has 1 heterocycles. The van der Waals surface area contributed by atoms with Crippen molar-refractivity contribution in [3.05, 3.63) is 34.9 Å². The van der Waals surface area contributed by atoms with Crippen LogP contribution >= 0.6 is 11.6 Å². The van der Waals surface area contributed by atoms with Crippen LogP contribution in [0.3, 0.4) is 0 Å². The van der Waals surface area contributed by atoms with E-state index in [0.717, 1.165) is 5.56 Å². The Kier molecular flexibility index (Phi) is 3.64. The van der Waals surface area contributed by atoms with Gasteiger partial charge < -0.3 is 4.74 Å². The number of hydrogen-bond acceptors (Lipinski definition) is 3. The zero-order valence-corrected chi connectivity index (χ0v) is 10.3. The zero-order chi connectivity index (χ0) is 12.3. The molecule has 0 saturated heterocycles. The van der Waals surface area contributed by atoms with E-state index in [1.165, 1.54) is 4.90 Å². The van der Waals surface area contributed by atoms with Gasteiger partial charge in [-0.15, -0.1) is 0 Å². The van der Waals surface area contributed by atoms with Gasteiger partial charge in [0.1, 0.15) is 5.84 Å². The summed E-state index contributed by atoms with van der Waals surface area (Å²) in [5.74, 6) is 0.631. The van der Waals surface area contributed by atoms with Gasteiger partial charge in [-0.3, -0.25) is 9.89 Å². The lowest BCUT2D eigenvalue weighted by molar-refractivity contribution is 0.130. The number of aliphatic imine (C=N–C) groups is 1. The lowest BCUT2D eigenvalue weighted by Crippen LogP contribution is -2.35. The topological polar surface area (TPSA) is 41.9 Å². The molecule has 0 fully saturated rings. The number of ether oxygens (including phenoxy) is 1. The van der Waals surface area contributed by atoms with Gasteiger partial charge in [0.15, 0.2) is 0 Å². The van der Waals surface area contributed by atoms with E-state index in [4.69, 9.17) is 16.3 Å². The van der Waals surface area contributed by atoms with Crippen molar-refractivity contribution in [2.45, 2.75) is 6.92 Å². The van der Waals surface area contributed by atoms with Crippen molar-refractivity contribution in [3.8, 4) is 0 Å². The van der Waals surface area contributed by atoms with Gasteiger partial charge in [0.25, 0.3) is 0 Å². The van der Waals surface area contributed by atoms with Gasteiger partial charge in [0, 0.05) is 10.6 Å². The van der Waals surface area contributed by atoms with Crippen LogP contribution in [0.15, 0.2) is 29.3 Å². The average molecular weight is 253 g/mol. The number of amidine groups is 1. The third-order valence-electron chi connectivity index (χ3n) is 2.41. The second-order valence-corrected chi connectivity index (χ2v) is 4.00. The molecule has 1 aromatic carbocycles. The summed E-state index contributed by atoms with van der Waals surface area (Å²) < 4.78 is 4.98. The van der Waals surface area contributed by atoms with Crippen LogP contribution in [0.5, 0.6) is 0 Å². The number of rotatable bonds is 2. The molecule has 0 atom stereocenters. The molecule has 2 rings (SSSR count). The Bertz CT molecular complexity index is 460. The molecular weight excluding hydrogens is 240 g/mol. The van der Waals surface area contributed by atoms with E-state index in [1.54, 1.807) is 19.1 Å². The molecule has 1 aromatic rings. The van der Waals surface area contributed by atoms with Crippen molar-refractivity contribution < 1.29 is 9.53 Å². The van der Waals surface area contributed by atoms with Crippen molar-refractivity contribution in [2.75, 3.05) is 19.7 Å². The number of benzene rings is 1. The highest BCUT2D eigenvalue weighted by Crippen LogP contribution is 2.16. The summed E-state index contributed by atoms with van der Waals surface area (Å²) >= 11 is 5.92. The predicted molar refractivity (Wildman–Crippen MR) is 66.6 cm³/mol. The molecule has 0 bridgehead atoms. The minimum atomic E-state index is -0.358. The Balaban J connectivity index is 2.23. The molecule has 0 unspecified atom stereocenters. The van der Waals surface area contributed by atoms with E-state index >= 15 is 0 Å². The summed E-state index contributed by atoms with van der Waals surface area (Å²) in [6.45, 7) is 3.30. The van der Waals surface area contributed by atoms with E-state index < -0.39 is 0 Å². The minimum absolute atomic E-state index is 0.358. The highest BCUT2D eigenvalue weighted by Gasteiger charge is 2.25. The Morgan fingerprint density at radius 1 is 1.59 bits per heavy atom. The summed E-state index contributed by atoms with van der Waals surface area (Å²) in [4.78, 5) is 17.6. The highest BCUT2D eigenvalue weighted by molar-refractivity contribution is 6.31. The van der Waals surface area contributed by atoms with Gasteiger partial charge in [0.05, 0.1) is 19.7 Å². The summed E-state index contributed by atoms with van der Waals surface area (Å²) in [7, 11) is 0. The molecule has 1 aliphatic heterocycles. The second-order valence-electron chi connectivity index (χ2n) is 3.57. The van der Waals surface area contributed by atoms with Gasteiger partial charge in [-0.2, -0.15) is 0 Å². The Hall–Kier alpha value is -1.55. The van der Waals surface area contributed by atoms with E-state index in [9.17, 15) is 4.79 Å². The monoisotopic (exact) mass is 252 g/mol. The van der Waals surface area contributed by atoms with Gasteiger partial charge in [-0.25, -0.2) is 4.79 Å². The number of carbonyl (C=O) groups is 1. The fourth-order valence-corrected chi connectivity index (χ4v) is 1.89. The molecule has 0 aromatic heterocycles. The summed E-state index contributed by atoms with van der Waals surface area (Å²) in [6.07, 6.45) is -0.358. The molecule has 1 amide bonds. The lowest BCUT2D eigenvalue weighted by Gasteiger charge is -2.17. The normalized spacial score (nSPS) is 14.7. The maximum absolute atomic E-state index is 11.7. The first kappa shape index (κ1) is 11.9. The van der Waals surface area contributed by atoms with Gasteiger partial charge in [-0.1, -0.05) is 23.7 Å². The van der Waals surface area contributed by atoms with Crippen molar-refractivity contribution in [2.24, 2.45) is 4.99 Å². The minimum Gasteiger partial charge on any atom is -0.449 e. The standard InChI is InChI=1S/C12H13ClN2O2/c1-2-17-12(16)15-7-6-14-11(15)9-4-3-5-10(13)8-9/h3-5,8H,2,6-7H2,1H3. The Labute approximate surface area is 105 Å². The molecule has 0 saturated carbocycles. The molecule has 0 spiro atoms. The number of hydrogen-bond donors (Lipinski definition) is 0. The predicted octanol–water partition coefficient (Wildman–Crippen LogP) is 2.56. The van der Waals surface area contributed by atoms with Crippen LogP contribution in [-0.2, 0) is 4.74 Å². The molecule has 0 aliphatic carbocycles. The summed E-state index contributed by atoms with van der Waals surface area (Å²) in [6, 6.07) is 7.29.